The Bertz CT molecular complexity index is 452. The van der Waals surface area contributed by atoms with Gasteiger partial charge in [0.15, 0.2) is 0 Å². The SMILES string of the molecule is COC(=O)c1cnc(C2CCCS2)[nH]c1=O. The van der Waals surface area contributed by atoms with E-state index < -0.39 is 11.5 Å². The molecule has 1 aliphatic rings. The number of nitrogens with one attached hydrogen (secondary N) is 1. The summed E-state index contributed by atoms with van der Waals surface area (Å²) in [6.07, 6.45) is 3.45. The highest BCUT2D eigenvalue weighted by atomic mass is 32.2. The molecule has 0 saturated carbocycles. The van der Waals surface area contributed by atoms with Gasteiger partial charge in [-0.3, -0.25) is 4.79 Å². The molecule has 0 radical (unpaired) electrons. The van der Waals surface area contributed by atoms with Crippen molar-refractivity contribution in [3.05, 3.63) is 27.9 Å². The van der Waals surface area contributed by atoms with Crippen molar-refractivity contribution < 1.29 is 9.53 Å². The third-order valence-corrected chi connectivity index (χ3v) is 3.84. The van der Waals surface area contributed by atoms with Crippen molar-refractivity contribution in [2.24, 2.45) is 0 Å². The Kier molecular flexibility index (Phi) is 3.28. The van der Waals surface area contributed by atoms with Crippen molar-refractivity contribution in [1.82, 2.24) is 9.97 Å². The van der Waals surface area contributed by atoms with Crippen molar-refractivity contribution in [3.63, 3.8) is 0 Å². The van der Waals surface area contributed by atoms with Crippen LogP contribution in [0.3, 0.4) is 0 Å². The maximum Gasteiger partial charge on any atom is 0.345 e. The number of H-pyrrole nitrogens is 1. The van der Waals surface area contributed by atoms with E-state index in [0.29, 0.717) is 5.82 Å². The number of carbonyl (C=O) groups excluding carboxylic acids is 1. The van der Waals surface area contributed by atoms with Crippen LogP contribution in [0.4, 0.5) is 0 Å². The summed E-state index contributed by atoms with van der Waals surface area (Å²) in [5.74, 6) is 1.09. The van der Waals surface area contributed by atoms with E-state index in [9.17, 15) is 9.59 Å². The third kappa shape index (κ3) is 2.11. The van der Waals surface area contributed by atoms with Gasteiger partial charge in [0.1, 0.15) is 11.4 Å². The highest BCUT2D eigenvalue weighted by molar-refractivity contribution is 7.99. The molecule has 1 saturated heterocycles. The molecule has 16 heavy (non-hydrogen) atoms. The van der Waals surface area contributed by atoms with Gasteiger partial charge in [-0.1, -0.05) is 0 Å². The molecule has 1 atom stereocenters. The zero-order valence-electron chi connectivity index (χ0n) is 8.86. The number of methoxy groups -OCH3 is 1. The van der Waals surface area contributed by atoms with Crippen molar-refractivity contribution in [2.75, 3.05) is 12.9 Å². The summed E-state index contributed by atoms with van der Waals surface area (Å²) in [4.78, 5) is 29.5. The molecule has 86 valence electrons. The zero-order chi connectivity index (χ0) is 11.5. The maximum absolute atomic E-state index is 11.6. The molecule has 0 spiro atoms. The van der Waals surface area contributed by atoms with Crippen LogP contribution < -0.4 is 5.56 Å². The number of nitrogens with zero attached hydrogens (tertiary/aromatic N) is 1. The predicted molar refractivity (Wildman–Crippen MR) is 60.6 cm³/mol. The van der Waals surface area contributed by atoms with Gasteiger partial charge in [0.2, 0.25) is 0 Å². The van der Waals surface area contributed by atoms with Gasteiger partial charge in [0.25, 0.3) is 5.56 Å². The molecule has 1 fully saturated rings. The molecular weight excluding hydrogens is 228 g/mol. The molecule has 0 bridgehead atoms. The van der Waals surface area contributed by atoms with E-state index >= 15 is 0 Å². The quantitative estimate of drug-likeness (QED) is 0.784. The van der Waals surface area contributed by atoms with Crippen molar-refractivity contribution in [2.45, 2.75) is 18.1 Å². The third-order valence-electron chi connectivity index (χ3n) is 2.46. The van der Waals surface area contributed by atoms with Gasteiger partial charge in [-0.15, -0.1) is 0 Å². The zero-order valence-corrected chi connectivity index (χ0v) is 9.67. The number of rotatable bonds is 2. The van der Waals surface area contributed by atoms with Crippen molar-refractivity contribution in [1.29, 1.82) is 0 Å². The van der Waals surface area contributed by atoms with Gasteiger partial charge < -0.3 is 9.72 Å². The fourth-order valence-electron chi connectivity index (χ4n) is 1.62. The number of ether oxygens (including phenoxy) is 1. The molecule has 6 heteroatoms. The van der Waals surface area contributed by atoms with Gasteiger partial charge in [-0.2, -0.15) is 11.8 Å². The van der Waals surface area contributed by atoms with Gasteiger partial charge >= 0.3 is 5.97 Å². The largest absolute Gasteiger partial charge is 0.465 e. The van der Waals surface area contributed by atoms with Crippen LogP contribution in [0.1, 0.15) is 34.3 Å². The number of hydrogen-bond acceptors (Lipinski definition) is 5. The van der Waals surface area contributed by atoms with Gasteiger partial charge in [-0.05, 0) is 18.6 Å². The first kappa shape index (κ1) is 11.2. The Morgan fingerprint density at radius 3 is 3.06 bits per heavy atom. The van der Waals surface area contributed by atoms with E-state index in [1.165, 1.54) is 13.3 Å². The Morgan fingerprint density at radius 2 is 2.50 bits per heavy atom. The first-order valence-electron chi connectivity index (χ1n) is 5.01. The van der Waals surface area contributed by atoms with Crippen LogP contribution >= 0.6 is 11.8 Å². The Balaban J connectivity index is 2.28. The second-order valence-corrected chi connectivity index (χ2v) is 4.82. The van der Waals surface area contributed by atoms with Crippen LogP contribution in [-0.4, -0.2) is 28.8 Å². The Labute approximate surface area is 96.6 Å². The monoisotopic (exact) mass is 240 g/mol. The minimum absolute atomic E-state index is 0.0470. The van der Waals surface area contributed by atoms with E-state index in [4.69, 9.17) is 0 Å². The average Bonchev–Trinajstić information content (AvgIpc) is 2.81. The lowest BCUT2D eigenvalue weighted by molar-refractivity contribution is 0.0598. The van der Waals surface area contributed by atoms with Crippen molar-refractivity contribution in [3.8, 4) is 0 Å². The van der Waals surface area contributed by atoms with E-state index in [-0.39, 0.29) is 10.8 Å². The smallest absolute Gasteiger partial charge is 0.345 e. The highest BCUT2D eigenvalue weighted by Gasteiger charge is 2.21. The van der Waals surface area contributed by atoms with Crippen LogP contribution in [-0.2, 0) is 4.74 Å². The molecule has 1 aromatic rings. The summed E-state index contributed by atoms with van der Waals surface area (Å²) in [5.41, 5.74) is -0.474. The summed E-state index contributed by atoms with van der Waals surface area (Å²) < 4.78 is 4.48. The Hall–Kier alpha value is -1.30. The molecular formula is C10H12N2O3S. The van der Waals surface area contributed by atoms with Crippen LogP contribution in [0, 0.1) is 0 Å². The lowest BCUT2D eigenvalue weighted by Gasteiger charge is -2.07. The lowest BCUT2D eigenvalue weighted by atomic mass is 10.2. The number of carbonyl (C=O) groups is 1. The summed E-state index contributed by atoms with van der Waals surface area (Å²) in [6, 6.07) is 0. The topological polar surface area (TPSA) is 72.0 Å². The van der Waals surface area contributed by atoms with E-state index in [2.05, 4.69) is 14.7 Å². The predicted octanol–water partition coefficient (Wildman–Crippen LogP) is 1.12. The number of thioether (sulfide) groups is 1. The lowest BCUT2D eigenvalue weighted by Crippen LogP contribution is -2.21. The molecule has 1 aliphatic heterocycles. The summed E-state index contributed by atoms with van der Waals surface area (Å²) in [6.45, 7) is 0. The van der Waals surface area contributed by atoms with Crippen LogP contribution in [0.25, 0.3) is 0 Å². The fourth-order valence-corrected chi connectivity index (χ4v) is 2.85. The Morgan fingerprint density at radius 1 is 1.69 bits per heavy atom. The van der Waals surface area contributed by atoms with Crippen LogP contribution in [0.2, 0.25) is 0 Å². The van der Waals surface area contributed by atoms with Gasteiger partial charge in [-0.25, -0.2) is 9.78 Å². The van der Waals surface area contributed by atoms with Crippen LogP contribution in [0.15, 0.2) is 11.0 Å². The number of hydrogen-bond donors (Lipinski definition) is 1. The standard InChI is InChI=1S/C10H12N2O3S/c1-15-10(14)6-5-11-8(12-9(6)13)7-3-2-4-16-7/h5,7H,2-4H2,1H3,(H,11,12,13). The normalized spacial score (nSPS) is 19.7. The first-order chi connectivity index (χ1) is 7.72. The van der Waals surface area contributed by atoms with E-state index in [1.54, 1.807) is 11.8 Å². The van der Waals surface area contributed by atoms with E-state index in [1.807, 2.05) is 0 Å². The van der Waals surface area contributed by atoms with E-state index in [0.717, 1.165) is 18.6 Å². The molecule has 0 aromatic carbocycles. The van der Waals surface area contributed by atoms with Crippen molar-refractivity contribution >= 4 is 17.7 Å². The summed E-state index contributed by atoms with van der Waals surface area (Å²) in [5, 5.41) is 0.249. The molecule has 1 N–H and O–H groups in total. The molecule has 1 unspecified atom stereocenters. The average molecular weight is 240 g/mol. The molecule has 0 aliphatic carbocycles. The molecule has 0 amide bonds. The van der Waals surface area contributed by atoms with Gasteiger partial charge in [0.05, 0.1) is 12.4 Å². The van der Waals surface area contributed by atoms with Crippen LogP contribution in [0.5, 0.6) is 0 Å². The highest BCUT2D eigenvalue weighted by Crippen LogP contribution is 2.37. The second-order valence-electron chi connectivity index (χ2n) is 3.50. The number of aromatic amines is 1. The minimum Gasteiger partial charge on any atom is -0.465 e. The molecule has 1 aromatic heterocycles. The molecule has 2 rings (SSSR count). The number of aromatic nitrogens is 2. The second kappa shape index (κ2) is 4.69. The number of esters is 1. The summed E-state index contributed by atoms with van der Waals surface area (Å²) >= 11 is 1.78. The first-order valence-corrected chi connectivity index (χ1v) is 6.06. The van der Waals surface area contributed by atoms with Gasteiger partial charge in [0, 0.05) is 6.20 Å². The molecule has 2 heterocycles. The maximum atomic E-state index is 11.6. The summed E-state index contributed by atoms with van der Waals surface area (Å²) in [7, 11) is 1.24. The minimum atomic E-state index is -0.653. The fraction of sp³-hybridized carbons (Fsp3) is 0.500. The molecule has 5 nitrogen and oxygen atoms in total.